The topological polar surface area (TPSA) is 41.4 Å². The Kier molecular flexibility index (Phi) is 5.04. The van der Waals surface area contributed by atoms with E-state index >= 15 is 0 Å². The summed E-state index contributed by atoms with van der Waals surface area (Å²) in [6, 6.07) is 11.4. The molecule has 0 unspecified atom stereocenters. The molecule has 1 aromatic carbocycles. The molecule has 2 aromatic rings. The average molecular weight is 367 g/mol. The fourth-order valence-electron chi connectivity index (χ4n) is 4.43. The monoisotopic (exact) mass is 366 g/mol. The SMILES string of the molecule is CC(C)c1cc(C(=O)N2CCCN(C3Cc4ccccc4C3)CC2)n(C)n1. The van der Waals surface area contributed by atoms with Crippen LogP contribution in [0, 0.1) is 0 Å². The van der Waals surface area contributed by atoms with E-state index in [2.05, 4.69) is 48.1 Å². The highest BCUT2D eigenvalue weighted by Crippen LogP contribution is 2.26. The van der Waals surface area contributed by atoms with Gasteiger partial charge in [-0.1, -0.05) is 38.1 Å². The Morgan fingerprint density at radius 1 is 1.07 bits per heavy atom. The Morgan fingerprint density at radius 2 is 1.78 bits per heavy atom. The van der Waals surface area contributed by atoms with E-state index in [1.54, 1.807) is 4.68 Å². The van der Waals surface area contributed by atoms with Crippen LogP contribution in [0.5, 0.6) is 0 Å². The van der Waals surface area contributed by atoms with E-state index in [0.717, 1.165) is 51.1 Å². The molecule has 5 nitrogen and oxygen atoms in total. The fourth-order valence-corrected chi connectivity index (χ4v) is 4.43. The molecule has 0 saturated carbocycles. The first kappa shape index (κ1) is 18.2. The molecule has 1 aliphatic heterocycles. The highest BCUT2D eigenvalue weighted by molar-refractivity contribution is 5.92. The maximum absolute atomic E-state index is 13.1. The number of aromatic nitrogens is 2. The van der Waals surface area contributed by atoms with Gasteiger partial charge >= 0.3 is 0 Å². The standard InChI is InChI=1S/C22H30N4O/c1-16(2)20-15-21(24(3)23-20)22(27)26-10-6-9-25(11-12-26)19-13-17-7-4-5-8-18(17)14-19/h4-5,7-8,15-16,19H,6,9-14H2,1-3H3. The highest BCUT2D eigenvalue weighted by Gasteiger charge is 2.29. The van der Waals surface area contributed by atoms with Gasteiger partial charge < -0.3 is 4.90 Å². The van der Waals surface area contributed by atoms with Crippen molar-refractivity contribution >= 4 is 5.91 Å². The summed E-state index contributed by atoms with van der Waals surface area (Å²) in [5.74, 6) is 0.454. The molecule has 1 aliphatic carbocycles. The van der Waals surface area contributed by atoms with E-state index in [1.807, 2.05) is 18.0 Å². The van der Waals surface area contributed by atoms with Gasteiger partial charge in [0.2, 0.25) is 0 Å². The van der Waals surface area contributed by atoms with Crippen molar-refractivity contribution in [3.63, 3.8) is 0 Å². The molecular formula is C22H30N4O. The zero-order valence-electron chi connectivity index (χ0n) is 16.7. The summed E-state index contributed by atoms with van der Waals surface area (Å²) in [6.07, 6.45) is 3.32. The minimum atomic E-state index is 0.119. The van der Waals surface area contributed by atoms with Crippen LogP contribution in [-0.4, -0.2) is 57.7 Å². The number of hydrogen-bond donors (Lipinski definition) is 0. The number of amides is 1. The van der Waals surface area contributed by atoms with Gasteiger partial charge in [0.15, 0.2) is 0 Å². The third-order valence-electron chi connectivity index (χ3n) is 6.07. The predicted molar refractivity (Wildman–Crippen MR) is 107 cm³/mol. The van der Waals surface area contributed by atoms with Gasteiger partial charge in [0.1, 0.15) is 5.69 Å². The van der Waals surface area contributed by atoms with Crippen LogP contribution in [0.15, 0.2) is 30.3 Å². The van der Waals surface area contributed by atoms with Crippen LogP contribution in [0.4, 0.5) is 0 Å². The van der Waals surface area contributed by atoms with E-state index < -0.39 is 0 Å². The van der Waals surface area contributed by atoms with E-state index in [0.29, 0.717) is 17.7 Å². The van der Waals surface area contributed by atoms with Crippen LogP contribution in [0.2, 0.25) is 0 Å². The molecular weight excluding hydrogens is 336 g/mol. The first-order valence-electron chi connectivity index (χ1n) is 10.2. The molecule has 4 rings (SSSR count). The average Bonchev–Trinajstić information content (AvgIpc) is 3.17. The van der Waals surface area contributed by atoms with Gasteiger partial charge in [-0.15, -0.1) is 0 Å². The molecule has 2 aliphatic rings. The first-order chi connectivity index (χ1) is 13.0. The molecule has 0 bridgehead atoms. The van der Waals surface area contributed by atoms with E-state index in [4.69, 9.17) is 0 Å². The van der Waals surface area contributed by atoms with Gasteiger partial charge in [-0.2, -0.15) is 5.10 Å². The summed E-state index contributed by atoms with van der Waals surface area (Å²) in [7, 11) is 1.87. The molecule has 0 spiro atoms. The van der Waals surface area contributed by atoms with Gasteiger partial charge in [0.05, 0.1) is 5.69 Å². The molecule has 5 heteroatoms. The lowest BCUT2D eigenvalue weighted by Gasteiger charge is -2.27. The van der Waals surface area contributed by atoms with Crippen molar-refractivity contribution in [1.29, 1.82) is 0 Å². The Hall–Kier alpha value is -2.14. The number of rotatable bonds is 3. The zero-order chi connectivity index (χ0) is 19.0. The highest BCUT2D eigenvalue weighted by atomic mass is 16.2. The Morgan fingerprint density at radius 3 is 2.41 bits per heavy atom. The lowest BCUT2D eigenvalue weighted by Crippen LogP contribution is -2.40. The predicted octanol–water partition coefficient (Wildman–Crippen LogP) is 2.86. The lowest BCUT2D eigenvalue weighted by atomic mass is 10.1. The van der Waals surface area contributed by atoms with Crippen LogP contribution in [-0.2, 0) is 19.9 Å². The number of benzene rings is 1. The maximum atomic E-state index is 13.1. The Labute approximate surface area is 162 Å². The molecule has 1 saturated heterocycles. The lowest BCUT2D eigenvalue weighted by molar-refractivity contribution is 0.0747. The second kappa shape index (κ2) is 7.47. The molecule has 0 radical (unpaired) electrons. The molecule has 2 heterocycles. The van der Waals surface area contributed by atoms with Crippen LogP contribution >= 0.6 is 0 Å². The number of hydrogen-bond acceptors (Lipinski definition) is 3. The molecule has 0 atom stereocenters. The summed E-state index contributed by atoms with van der Waals surface area (Å²) in [6.45, 7) is 7.88. The second-order valence-electron chi connectivity index (χ2n) is 8.25. The van der Waals surface area contributed by atoms with Gasteiger partial charge in [0, 0.05) is 39.3 Å². The smallest absolute Gasteiger partial charge is 0.272 e. The van der Waals surface area contributed by atoms with Crippen molar-refractivity contribution in [3.05, 3.63) is 52.8 Å². The summed E-state index contributed by atoms with van der Waals surface area (Å²) < 4.78 is 1.74. The van der Waals surface area contributed by atoms with Crippen LogP contribution < -0.4 is 0 Å². The molecule has 0 N–H and O–H groups in total. The normalized spacial score (nSPS) is 18.7. The number of fused-ring (bicyclic) bond motifs is 1. The van der Waals surface area contributed by atoms with Crippen molar-refractivity contribution in [3.8, 4) is 0 Å². The van der Waals surface area contributed by atoms with Crippen molar-refractivity contribution in [2.75, 3.05) is 26.2 Å². The molecule has 1 amide bonds. The van der Waals surface area contributed by atoms with E-state index in [-0.39, 0.29) is 5.91 Å². The first-order valence-corrected chi connectivity index (χ1v) is 10.2. The quantitative estimate of drug-likeness (QED) is 0.839. The largest absolute Gasteiger partial charge is 0.336 e. The van der Waals surface area contributed by atoms with Crippen molar-refractivity contribution < 1.29 is 4.79 Å². The number of carbonyl (C=O) groups excluding carboxylic acids is 1. The van der Waals surface area contributed by atoms with Crippen LogP contribution in [0.25, 0.3) is 0 Å². The van der Waals surface area contributed by atoms with E-state index in [1.165, 1.54) is 11.1 Å². The summed E-state index contributed by atoms with van der Waals surface area (Å²) >= 11 is 0. The van der Waals surface area contributed by atoms with Gasteiger partial charge in [0.25, 0.3) is 5.91 Å². The number of carbonyl (C=O) groups is 1. The second-order valence-corrected chi connectivity index (χ2v) is 8.25. The third kappa shape index (κ3) is 3.65. The molecule has 144 valence electrons. The van der Waals surface area contributed by atoms with Crippen LogP contribution in [0.1, 0.15) is 53.5 Å². The van der Waals surface area contributed by atoms with Gasteiger partial charge in [-0.05, 0) is 42.4 Å². The number of aryl methyl sites for hydroxylation is 1. The molecule has 1 aromatic heterocycles. The summed E-state index contributed by atoms with van der Waals surface area (Å²) in [5, 5.41) is 4.51. The third-order valence-corrected chi connectivity index (χ3v) is 6.07. The minimum Gasteiger partial charge on any atom is -0.336 e. The van der Waals surface area contributed by atoms with Gasteiger partial charge in [-0.25, -0.2) is 0 Å². The van der Waals surface area contributed by atoms with Gasteiger partial charge in [-0.3, -0.25) is 14.4 Å². The number of nitrogens with zero attached hydrogens (tertiary/aromatic N) is 4. The Balaban J connectivity index is 1.41. The van der Waals surface area contributed by atoms with Crippen molar-refractivity contribution in [2.45, 2.75) is 45.1 Å². The molecule has 27 heavy (non-hydrogen) atoms. The van der Waals surface area contributed by atoms with E-state index in [9.17, 15) is 4.79 Å². The van der Waals surface area contributed by atoms with Crippen LogP contribution in [0.3, 0.4) is 0 Å². The van der Waals surface area contributed by atoms with Crippen molar-refractivity contribution in [2.24, 2.45) is 7.05 Å². The molecule has 1 fully saturated rings. The van der Waals surface area contributed by atoms with Crippen molar-refractivity contribution in [1.82, 2.24) is 19.6 Å². The fraction of sp³-hybridized carbons (Fsp3) is 0.545. The minimum absolute atomic E-state index is 0.119. The summed E-state index contributed by atoms with van der Waals surface area (Å²) in [5.41, 5.74) is 4.69. The summed E-state index contributed by atoms with van der Waals surface area (Å²) in [4.78, 5) is 17.7. The maximum Gasteiger partial charge on any atom is 0.272 e. The Bertz CT molecular complexity index is 800. The zero-order valence-corrected chi connectivity index (χ0v) is 16.7.